The molecule has 2 atom stereocenters. The highest BCUT2D eigenvalue weighted by Gasteiger charge is 2.33. The van der Waals surface area contributed by atoms with Gasteiger partial charge in [-0.1, -0.05) is 83.3 Å². The molecular formula is C26H24Cl3NO6. The number of hydrogen-bond acceptors (Lipinski definition) is 5. The largest absolute Gasteiger partial charge is 0.513 e. The monoisotopic (exact) mass is 551 g/mol. The fourth-order valence-electron chi connectivity index (χ4n) is 4.25. The van der Waals surface area contributed by atoms with Gasteiger partial charge in [0, 0.05) is 12.5 Å². The van der Waals surface area contributed by atoms with Gasteiger partial charge in [0.05, 0.1) is 19.3 Å². The van der Waals surface area contributed by atoms with E-state index in [4.69, 9.17) is 49.0 Å². The van der Waals surface area contributed by atoms with Crippen molar-refractivity contribution in [2.24, 2.45) is 0 Å². The molecule has 0 saturated carbocycles. The molecule has 190 valence electrons. The van der Waals surface area contributed by atoms with E-state index in [1.165, 1.54) is 4.90 Å². The van der Waals surface area contributed by atoms with Crippen molar-refractivity contribution >= 4 is 57.8 Å². The van der Waals surface area contributed by atoms with E-state index in [0.717, 1.165) is 21.9 Å². The molecule has 1 fully saturated rings. The van der Waals surface area contributed by atoms with Crippen LogP contribution in [0.5, 0.6) is 5.75 Å². The number of nitrogens with zero attached hydrogens (tertiary/aromatic N) is 1. The van der Waals surface area contributed by atoms with Crippen LogP contribution >= 0.6 is 34.8 Å². The summed E-state index contributed by atoms with van der Waals surface area (Å²) in [6.45, 7) is 0.476. The second kappa shape index (κ2) is 11.6. The van der Waals surface area contributed by atoms with Gasteiger partial charge in [-0.2, -0.15) is 0 Å². The third-order valence-corrected chi connectivity index (χ3v) is 6.28. The van der Waals surface area contributed by atoms with Crippen LogP contribution in [-0.4, -0.2) is 51.8 Å². The molecule has 0 spiro atoms. The molecule has 1 N–H and O–H groups in total. The van der Waals surface area contributed by atoms with Gasteiger partial charge in [0.15, 0.2) is 0 Å². The van der Waals surface area contributed by atoms with Gasteiger partial charge in [0.1, 0.15) is 12.4 Å². The quantitative estimate of drug-likeness (QED) is 0.206. The summed E-state index contributed by atoms with van der Waals surface area (Å²) in [6, 6.07) is 21.1. The number of piperidine rings is 1. The minimum atomic E-state index is -1.74. The predicted octanol–water partition coefficient (Wildman–Crippen LogP) is 6.78. The summed E-state index contributed by atoms with van der Waals surface area (Å²) in [6.07, 6.45) is -1.83. The lowest BCUT2D eigenvalue weighted by Crippen LogP contribution is -2.46. The van der Waals surface area contributed by atoms with Gasteiger partial charge >= 0.3 is 12.2 Å². The standard InChI is InChI=1S/C26H24Cl3NO6/c27-26(28,29)16-35-25(33)36-21-7-3-6-20(13-21)22-10-11-30(24(31)32)14-23(22)34-15-17-8-9-18-4-1-2-5-19(18)12-17/h1-9,12-13,22-23H,10-11,14-16H2,(H,31,32). The zero-order chi connectivity index (χ0) is 25.7. The summed E-state index contributed by atoms with van der Waals surface area (Å²) in [5, 5.41) is 11.8. The van der Waals surface area contributed by atoms with Crippen LogP contribution in [0.3, 0.4) is 0 Å². The smallest absolute Gasteiger partial charge is 0.465 e. The molecule has 1 saturated heterocycles. The Bertz CT molecular complexity index is 1230. The minimum absolute atomic E-state index is 0.109. The van der Waals surface area contributed by atoms with Crippen molar-refractivity contribution in [1.29, 1.82) is 0 Å². The van der Waals surface area contributed by atoms with Crippen molar-refractivity contribution in [2.75, 3.05) is 19.7 Å². The Morgan fingerprint density at radius 3 is 2.53 bits per heavy atom. The van der Waals surface area contributed by atoms with Gasteiger partial charge in [0.25, 0.3) is 0 Å². The first-order valence-electron chi connectivity index (χ1n) is 11.3. The van der Waals surface area contributed by atoms with E-state index in [1.54, 1.807) is 18.2 Å². The molecule has 1 amide bonds. The lowest BCUT2D eigenvalue weighted by Gasteiger charge is -2.37. The number of halogens is 3. The average Bonchev–Trinajstić information content (AvgIpc) is 2.85. The lowest BCUT2D eigenvalue weighted by atomic mass is 9.87. The molecule has 3 aromatic carbocycles. The summed E-state index contributed by atoms with van der Waals surface area (Å²) in [5.74, 6) is 0.151. The highest BCUT2D eigenvalue weighted by molar-refractivity contribution is 6.67. The third-order valence-electron chi connectivity index (χ3n) is 5.95. The maximum Gasteiger partial charge on any atom is 0.513 e. The third kappa shape index (κ3) is 7.17. The van der Waals surface area contributed by atoms with E-state index >= 15 is 0 Å². The van der Waals surface area contributed by atoms with E-state index in [-0.39, 0.29) is 18.2 Å². The van der Waals surface area contributed by atoms with E-state index in [2.05, 4.69) is 6.07 Å². The number of carbonyl (C=O) groups excluding carboxylic acids is 1. The van der Waals surface area contributed by atoms with Crippen molar-refractivity contribution in [2.45, 2.75) is 28.8 Å². The summed E-state index contributed by atoms with van der Waals surface area (Å²) in [7, 11) is 0. The van der Waals surface area contributed by atoms with Crippen molar-refractivity contribution in [3.8, 4) is 5.75 Å². The summed E-state index contributed by atoms with van der Waals surface area (Å²) in [4.78, 5) is 25.0. The molecule has 0 radical (unpaired) electrons. The van der Waals surface area contributed by atoms with E-state index < -0.39 is 28.8 Å². The second-order valence-electron chi connectivity index (χ2n) is 8.48. The summed E-state index contributed by atoms with van der Waals surface area (Å²) < 4.78 is 14.6. The molecule has 1 aliphatic heterocycles. The number of carbonyl (C=O) groups is 2. The minimum Gasteiger partial charge on any atom is -0.465 e. The van der Waals surface area contributed by atoms with Crippen molar-refractivity contribution in [3.63, 3.8) is 0 Å². The van der Waals surface area contributed by atoms with Crippen LogP contribution in [0.4, 0.5) is 9.59 Å². The van der Waals surface area contributed by atoms with Crippen molar-refractivity contribution < 1.29 is 28.9 Å². The lowest BCUT2D eigenvalue weighted by molar-refractivity contribution is -0.0199. The Hall–Kier alpha value is -2.71. The highest BCUT2D eigenvalue weighted by Crippen LogP contribution is 2.33. The van der Waals surface area contributed by atoms with Crippen LogP contribution in [0.2, 0.25) is 0 Å². The molecule has 3 aromatic rings. The average molecular weight is 553 g/mol. The number of ether oxygens (including phenoxy) is 3. The SMILES string of the molecule is O=C(OCC(Cl)(Cl)Cl)Oc1cccc(C2CCN(C(=O)O)CC2OCc2ccc3ccccc3c2)c1. The number of likely N-dealkylation sites (tertiary alicyclic amines) is 1. The number of benzene rings is 3. The molecule has 10 heteroatoms. The van der Waals surface area contributed by atoms with Gasteiger partial charge < -0.3 is 24.2 Å². The second-order valence-corrected chi connectivity index (χ2v) is 11.0. The zero-order valence-electron chi connectivity index (χ0n) is 19.1. The van der Waals surface area contributed by atoms with Crippen LogP contribution in [0, 0.1) is 0 Å². The summed E-state index contributed by atoms with van der Waals surface area (Å²) in [5.41, 5.74) is 1.85. The van der Waals surface area contributed by atoms with Crippen LogP contribution < -0.4 is 4.74 Å². The van der Waals surface area contributed by atoms with Crippen LogP contribution in [0.1, 0.15) is 23.5 Å². The molecule has 7 nitrogen and oxygen atoms in total. The first kappa shape index (κ1) is 26.4. The topological polar surface area (TPSA) is 85.3 Å². The highest BCUT2D eigenvalue weighted by atomic mass is 35.6. The number of carboxylic acid groups (broad SMARTS) is 1. The van der Waals surface area contributed by atoms with Gasteiger partial charge in [0.2, 0.25) is 3.79 Å². The number of amides is 1. The fraction of sp³-hybridized carbons (Fsp3) is 0.308. The molecule has 4 rings (SSSR count). The normalized spacial score (nSPS) is 18.1. The van der Waals surface area contributed by atoms with Crippen LogP contribution in [-0.2, 0) is 16.1 Å². The van der Waals surface area contributed by atoms with Gasteiger partial charge in [-0.05, 0) is 46.5 Å². The van der Waals surface area contributed by atoms with Crippen LogP contribution in [0.15, 0.2) is 66.7 Å². The number of hydrogen-bond donors (Lipinski definition) is 1. The molecule has 0 bridgehead atoms. The Labute approximate surface area is 223 Å². The first-order chi connectivity index (χ1) is 17.2. The molecule has 0 aliphatic carbocycles. The molecule has 36 heavy (non-hydrogen) atoms. The number of rotatable bonds is 6. The first-order valence-corrected chi connectivity index (χ1v) is 12.4. The Balaban J connectivity index is 1.48. The molecule has 2 unspecified atom stereocenters. The molecule has 0 aromatic heterocycles. The van der Waals surface area contributed by atoms with E-state index in [1.807, 2.05) is 42.5 Å². The maximum atomic E-state index is 12.0. The molecule has 1 heterocycles. The zero-order valence-corrected chi connectivity index (χ0v) is 21.4. The Kier molecular flexibility index (Phi) is 8.46. The van der Waals surface area contributed by atoms with Crippen molar-refractivity contribution in [1.82, 2.24) is 4.90 Å². The van der Waals surface area contributed by atoms with Gasteiger partial charge in [-0.25, -0.2) is 9.59 Å². The summed E-state index contributed by atoms with van der Waals surface area (Å²) >= 11 is 16.8. The van der Waals surface area contributed by atoms with E-state index in [0.29, 0.717) is 19.6 Å². The van der Waals surface area contributed by atoms with Gasteiger partial charge in [-0.3, -0.25) is 0 Å². The number of fused-ring (bicyclic) bond motifs is 1. The Morgan fingerprint density at radius 1 is 1.00 bits per heavy atom. The Morgan fingerprint density at radius 2 is 1.78 bits per heavy atom. The maximum absolute atomic E-state index is 12.0. The van der Waals surface area contributed by atoms with Gasteiger partial charge in [-0.15, -0.1) is 0 Å². The number of alkyl halides is 3. The molecule has 1 aliphatic rings. The molecular weight excluding hydrogens is 529 g/mol. The van der Waals surface area contributed by atoms with Crippen LogP contribution in [0.25, 0.3) is 10.8 Å². The fourth-order valence-corrected chi connectivity index (χ4v) is 4.41. The van der Waals surface area contributed by atoms with E-state index in [9.17, 15) is 14.7 Å². The predicted molar refractivity (Wildman–Crippen MR) is 138 cm³/mol. The van der Waals surface area contributed by atoms with Crippen molar-refractivity contribution in [3.05, 3.63) is 77.9 Å².